The predicted molar refractivity (Wildman–Crippen MR) is 84.9 cm³/mol. The maximum Gasteiger partial charge on any atom is 0.235 e. The van der Waals surface area contributed by atoms with Crippen molar-refractivity contribution in [3.05, 3.63) is 64.3 Å². The van der Waals surface area contributed by atoms with Crippen LogP contribution in [0.5, 0.6) is 17.2 Å². The summed E-state index contributed by atoms with van der Waals surface area (Å²) in [6.45, 7) is 4.05. The van der Waals surface area contributed by atoms with Crippen LogP contribution in [0.25, 0.3) is 11.0 Å². The molecular weight excluding hydrogens is 299 g/mol. The molecule has 1 heterocycles. The molecule has 0 bridgehead atoms. The standard InChI is InChI=1S/C18H15FO4/c1-3-21-14-8-9-15-16(10-14)22-11(2)18(17(15)20)23-13-6-4-12(19)5-7-13/h4-10H,3H2,1-2H3. The first kappa shape index (κ1) is 15.1. The Labute approximate surface area is 132 Å². The van der Waals surface area contributed by atoms with Crippen LogP contribution in [-0.2, 0) is 0 Å². The molecular formula is C18H15FO4. The van der Waals surface area contributed by atoms with Gasteiger partial charge in [0.1, 0.15) is 28.7 Å². The highest BCUT2D eigenvalue weighted by Crippen LogP contribution is 2.27. The van der Waals surface area contributed by atoms with E-state index in [0.717, 1.165) is 0 Å². The third-order valence-electron chi connectivity index (χ3n) is 3.33. The van der Waals surface area contributed by atoms with Gasteiger partial charge in [-0.1, -0.05) is 0 Å². The Morgan fingerprint density at radius 1 is 1.09 bits per heavy atom. The largest absolute Gasteiger partial charge is 0.494 e. The highest BCUT2D eigenvalue weighted by molar-refractivity contribution is 5.79. The SMILES string of the molecule is CCOc1ccc2c(=O)c(Oc3ccc(F)cc3)c(C)oc2c1. The molecule has 0 saturated carbocycles. The van der Waals surface area contributed by atoms with Gasteiger partial charge >= 0.3 is 0 Å². The van der Waals surface area contributed by atoms with Gasteiger partial charge in [-0.15, -0.1) is 0 Å². The molecule has 4 nitrogen and oxygen atoms in total. The Hall–Kier alpha value is -2.82. The van der Waals surface area contributed by atoms with Gasteiger partial charge in [0, 0.05) is 6.07 Å². The van der Waals surface area contributed by atoms with E-state index in [1.165, 1.54) is 24.3 Å². The maximum atomic E-state index is 12.9. The van der Waals surface area contributed by atoms with Crippen molar-refractivity contribution in [3.8, 4) is 17.2 Å². The zero-order valence-corrected chi connectivity index (χ0v) is 12.8. The molecule has 3 aromatic rings. The fourth-order valence-electron chi connectivity index (χ4n) is 2.26. The van der Waals surface area contributed by atoms with Crippen molar-refractivity contribution in [2.45, 2.75) is 13.8 Å². The molecule has 0 amide bonds. The third-order valence-corrected chi connectivity index (χ3v) is 3.33. The number of hydrogen-bond acceptors (Lipinski definition) is 4. The lowest BCUT2D eigenvalue weighted by molar-refractivity contribution is 0.340. The number of fused-ring (bicyclic) bond motifs is 1. The van der Waals surface area contributed by atoms with Crippen molar-refractivity contribution in [2.75, 3.05) is 6.61 Å². The molecule has 0 aliphatic carbocycles. The van der Waals surface area contributed by atoms with Gasteiger partial charge in [-0.2, -0.15) is 0 Å². The molecule has 0 radical (unpaired) electrons. The lowest BCUT2D eigenvalue weighted by Crippen LogP contribution is -2.07. The highest BCUT2D eigenvalue weighted by atomic mass is 19.1. The lowest BCUT2D eigenvalue weighted by Gasteiger charge is -2.09. The topological polar surface area (TPSA) is 48.7 Å². The van der Waals surface area contributed by atoms with E-state index in [1.54, 1.807) is 25.1 Å². The van der Waals surface area contributed by atoms with Crippen molar-refractivity contribution in [3.63, 3.8) is 0 Å². The van der Waals surface area contributed by atoms with E-state index in [2.05, 4.69) is 0 Å². The molecule has 1 aromatic heterocycles. The van der Waals surface area contributed by atoms with Crippen molar-refractivity contribution < 1.29 is 18.3 Å². The molecule has 0 atom stereocenters. The molecule has 5 heteroatoms. The molecule has 3 rings (SSSR count). The number of halogens is 1. The fourth-order valence-corrected chi connectivity index (χ4v) is 2.26. The van der Waals surface area contributed by atoms with E-state index in [-0.39, 0.29) is 17.0 Å². The van der Waals surface area contributed by atoms with E-state index in [1.807, 2.05) is 6.92 Å². The summed E-state index contributed by atoms with van der Waals surface area (Å²) < 4.78 is 29.6. The Morgan fingerprint density at radius 3 is 2.48 bits per heavy atom. The van der Waals surface area contributed by atoms with Crippen LogP contribution in [0, 0.1) is 12.7 Å². The first-order valence-corrected chi connectivity index (χ1v) is 7.22. The predicted octanol–water partition coefficient (Wildman–Crippen LogP) is 4.43. The van der Waals surface area contributed by atoms with Gasteiger partial charge in [0.25, 0.3) is 0 Å². The number of rotatable bonds is 4. The minimum absolute atomic E-state index is 0.0910. The quantitative estimate of drug-likeness (QED) is 0.714. The van der Waals surface area contributed by atoms with Gasteiger partial charge < -0.3 is 13.9 Å². The van der Waals surface area contributed by atoms with Gasteiger partial charge in [0.2, 0.25) is 11.2 Å². The van der Waals surface area contributed by atoms with Crippen LogP contribution in [0.15, 0.2) is 51.7 Å². The summed E-state index contributed by atoms with van der Waals surface area (Å²) in [5, 5.41) is 0.399. The van der Waals surface area contributed by atoms with Crippen LogP contribution in [0.3, 0.4) is 0 Å². The second-order valence-electron chi connectivity index (χ2n) is 4.96. The molecule has 0 N–H and O–H groups in total. The molecule has 0 aliphatic heterocycles. The van der Waals surface area contributed by atoms with Crippen LogP contribution in [0.1, 0.15) is 12.7 Å². The van der Waals surface area contributed by atoms with E-state index < -0.39 is 0 Å². The van der Waals surface area contributed by atoms with Crippen LogP contribution < -0.4 is 14.9 Å². The molecule has 0 fully saturated rings. The van der Waals surface area contributed by atoms with E-state index in [9.17, 15) is 9.18 Å². The van der Waals surface area contributed by atoms with E-state index in [4.69, 9.17) is 13.9 Å². The second kappa shape index (κ2) is 6.12. The minimum Gasteiger partial charge on any atom is -0.494 e. The normalized spacial score (nSPS) is 10.7. The Balaban J connectivity index is 2.05. The summed E-state index contributed by atoms with van der Waals surface area (Å²) >= 11 is 0. The van der Waals surface area contributed by atoms with E-state index in [0.29, 0.717) is 34.8 Å². The Morgan fingerprint density at radius 2 is 1.78 bits per heavy atom. The zero-order valence-electron chi connectivity index (χ0n) is 12.8. The molecule has 118 valence electrons. The summed E-state index contributed by atoms with van der Waals surface area (Å²) in [4.78, 5) is 12.6. The van der Waals surface area contributed by atoms with E-state index >= 15 is 0 Å². The lowest BCUT2D eigenvalue weighted by atomic mass is 10.2. The van der Waals surface area contributed by atoms with Crippen molar-refractivity contribution in [1.82, 2.24) is 0 Å². The number of benzene rings is 2. The van der Waals surface area contributed by atoms with Crippen molar-refractivity contribution in [1.29, 1.82) is 0 Å². The zero-order chi connectivity index (χ0) is 16.4. The summed E-state index contributed by atoms with van der Waals surface area (Å²) in [6.07, 6.45) is 0. The smallest absolute Gasteiger partial charge is 0.235 e. The first-order chi connectivity index (χ1) is 11.1. The van der Waals surface area contributed by atoms with Gasteiger partial charge in [-0.25, -0.2) is 4.39 Å². The van der Waals surface area contributed by atoms with Crippen LogP contribution >= 0.6 is 0 Å². The third kappa shape index (κ3) is 3.04. The number of hydrogen-bond donors (Lipinski definition) is 0. The molecule has 0 spiro atoms. The van der Waals surface area contributed by atoms with Crippen LogP contribution in [0.4, 0.5) is 4.39 Å². The summed E-state index contributed by atoms with van der Waals surface area (Å²) in [5.74, 6) is 1.07. The van der Waals surface area contributed by atoms with Gasteiger partial charge in [-0.3, -0.25) is 4.79 Å². The average Bonchev–Trinajstić information content (AvgIpc) is 2.53. The van der Waals surface area contributed by atoms with Gasteiger partial charge in [-0.05, 0) is 50.2 Å². The van der Waals surface area contributed by atoms with Crippen LogP contribution in [0.2, 0.25) is 0 Å². The highest BCUT2D eigenvalue weighted by Gasteiger charge is 2.14. The maximum absolute atomic E-state index is 12.9. The van der Waals surface area contributed by atoms with Gasteiger partial charge in [0.05, 0.1) is 12.0 Å². The van der Waals surface area contributed by atoms with Gasteiger partial charge in [0.15, 0.2) is 0 Å². The molecule has 0 aliphatic rings. The Bertz CT molecular complexity index is 897. The van der Waals surface area contributed by atoms with Crippen molar-refractivity contribution in [2.24, 2.45) is 0 Å². The average molecular weight is 314 g/mol. The number of ether oxygens (including phenoxy) is 2. The monoisotopic (exact) mass is 314 g/mol. The molecule has 0 saturated heterocycles. The van der Waals surface area contributed by atoms with Crippen molar-refractivity contribution >= 4 is 11.0 Å². The Kier molecular flexibility index (Phi) is 4.02. The minimum atomic E-state index is -0.372. The molecule has 23 heavy (non-hydrogen) atoms. The van der Waals surface area contributed by atoms with Crippen LogP contribution in [-0.4, -0.2) is 6.61 Å². The summed E-state index contributed by atoms with van der Waals surface area (Å²) in [5.41, 5.74) is 0.154. The second-order valence-corrected chi connectivity index (χ2v) is 4.96. The summed E-state index contributed by atoms with van der Waals surface area (Å²) in [7, 11) is 0. The first-order valence-electron chi connectivity index (χ1n) is 7.22. The number of aryl methyl sites for hydroxylation is 1. The molecule has 0 unspecified atom stereocenters. The summed E-state index contributed by atoms with van der Waals surface area (Å²) in [6, 6.07) is 10.5. The molecule has 2 aromatic carbocycles. The fraction of sp³-hybridized carbons (Fsp3) is 0.167.